The standard InChI is InChI=1S/C12H30N4.ClH.Cu/c1-13(2)7-10-16(11-8-14(3)4)12-9-15(5)6;;/h7-12H2,1-6H3;1H;/q;;+1/p-1. The molecule has 0 rings (SSSR count). The van der Waals surface area contributed by atoms with E-state index in [4.69, 9.17) is 0 Å². The molecule has 0 aliphatic rings. The van der Waals surface area contributed by atoms with Crippen molar-refractivity contribution in [2.75, 3.05) is 81.6 Å². The van der Waals surface area contributed by atoms with Crippen molar-refractivity contribution in [3.8, 4) is 0 Å². The molecule has 0 spiro atoms. The summed E-state index contributed by atoms with van der Waals surface area (Å²) in [5.74, 6) is 0. The monoisotopic (exact) mass is 328 g/mol. The van der Waals surface area contributed by atoms with Crippen LogP contribution in [0.15, 0.2) is 0 Å². The Morgan fingerprint density at radius 3 is 0.944 bits per heavy atom. The van der Waals surface area contributed by atoms with E-state index in [0.717, 1.165) is 39.3 Å². The Balaban J connectivity index is 0. The van der Waals surface area contributed by atoms with Gasteiger partial charge in [0.2, 0.25) is 0 Å². The predicted octanol–water partition coefficient (Wildman–Crippen LogP) is 0.660. The second-order valence-corrected chi connectivity index (χ2v) is 5.25. The van der Waals surface area contributed by atoms with Crippen LogP contribution in [-0.2, 0) is 15.1 Å². The molecular weight excluding hydrogens is 299 g/mol. The van der Waals surface area contributed by atoms with Crippen molar-refractivity contribution in [1.82, 2.24) is 19.6 Å². The average Bonchev–Trinajstić information content (AvgIpc) is 2.29. The molecule has 0 aliphatic heterocycles. The van der Waals surface area contributed by atoms with Crippen LogP contribution in [0.3, 0.4) is 0 Å². The van der Waals surface area contributed by atoms with Crippen LogP contribution in [0.4, 0.5) is 0 Å². The SMILES string of the molecule is CN(C)CCN(CCN(C)C)CCN(C)C.[Cl][Cu]. The molecule has 0 saturated carbocycles. The summed E-state index contributed by atoms with van der Waals surface area (Å²) in [5.41, 5.74) is 0. The summed E-state index contributed by atoms with van der Waals surface area (Å²) in [6, 6.07) is 0. The molecule has 0 unspecified atom stereocenters. The van der Waals surface area contributed by atoms with Crippen LogP contribution < -0.4 is 0 Å². The van der Waals surface area contributed by atoms with Crippen LogP contribution in [0, 0.1) is 0 Å². The zero-order chi connectivity index (χ0) is 14.6. The average molecular weight is 329 g/mol. The van der Waals surface area contributed by atoms with Gasteiger partial charge >= 0.3 is 25.2 Å². The summed E-state index contributed by atoms with van der Waals surface area (Å²) in [5, 5.41) is 0. The molecule has 0 amide bonds. The molecule has 0 heterocycles. The maximum atomic E-state index is 4.20. The summed E-state index contributed by atoms with van der Waals surface area (Å²) >= 11 is 3.66. The third-order valence-electron chi connectivity index (χ3n) is 2.59. The van der Waals surface area contributed by atoms with Crippen molar-refractivity contribution in [2.45, 2.75) is 0 Å². The van der Waals surface area contributed by atoms with Crippen molar-refractivity contribution in [2.24, 2.45) is 0 Å². The van der Waals surface area contributed by atoms with Gasteiger partial charge in [-0.3, -0.25) is 4.90 Å². The molecule has 0 aromatic carbocycles. The summed E-state index contributed by atoms with van der Waals surface area (Å²) in [6.07, 6.45) is 0. The fraction of sp³-hybridized carbons (Fsp3) is 1.00. The van der Waals surface area contributed by atoms with E-state index in [1.54, 1.807) is 0 Å². The van der Waals surface area contributed by atoms with E-state index in [-0.39, 0.29) is 0 Å². The Bertz CT molecular complexity index is 140. The van der Waals surface area contributed by atoms with E-state index < -0.39 is 0 Å². The van der Waals surface area contributed by atoms with E-state index in [1.165, 1.54) is 0 Å². The normalized spacial score (nSPS) is 11.4. The van der Waals surface area contributed by atoms with E-state index in [2.05, 4.69) is 87.1 Å². The van der Waals surface area contributed by atoms with Gasteiger partial charge in [-0.2, -0.15) is 0 Å². The number of halogens is 1. The van der Waals surface area contributed by atoms with Crippen molar-refractivity contribution >= 4 is 10.1 Å². The molecule has 0 bridgehead atoms. The topological polar surface area (TPSA) is 13.0 Å². The van der Waals surface area contributed by atoms with Gasteiger partial charge in [0.15, 0.2) is 0 Å². The van der Waals surface area contributed by atoms with E-state index in [1.807, 2.05) is 0 Å². The molecule has 6 heteroatoms. The first-order valence-electron chi connectivity index (χ1n) is 6.19. The molecule has 0 aromatic heterocycles. The Labute approximate surface area is 126 Å². The van der Waals surface area contributed by atoms with Crippen molar-refractivity contribution in [3.05, 3.63) is 0 Å². The second-order valence-electron chi connectivity index (χ2n) is 5.25. The number of nitrogens with zero attached hydrogens (tertiary/aromatic N) is 4. The Morgan fingerprint density at radius 1 is 0.556 bits per heavy atom. The van der Waals surface area contributed by atoms with Gasteiger partial charge in [-0.1, -0.05) is 0 Å². The van der Waals surface area contributed by atoms with Crippen molar-refractivity contribution < 1.29 is 15.1 Å². The van der Waals surface area contributed by atoms with Crippen LogP contribution in [-0.4, -0.2) is 101 Å². The molecular formula is C12H30ClCuN4. The summed E-state index contributed by atoms with van der Waals surface area (Å²) in [4.78, 5) is 9.29. The Morgan fingerprint density at radius 2 is 0.778 bits per heavy atom. The fourth-order valence-corrected chi connectivity index (χ4v) is 1.36. The van der Waals surface area contributed by atoms with Gasteiger partial charge in [0, 0.05) is 39.3 Å². The molecule has 4 nitrogen and oxygen atoms in total. The zero-order valence-corrected chi connectivity index (χ0v) is 14.4. The van der Waals surface area contributed by atoms with Gasteiger partial charge < -0.3 is 14.7 Å². The summed E-state index contributed by atoms with van der Waals surface area (Å²) < 4.78 is 0. The van der Waals surface area contributed by atoms with Gasteiger partial charge in [-0.15, -0.1) is 0 Å². The maximum absolute atomic E-state index is 4.20. The minimum atomic E-state index is 1.14. The number of hydrogen-bond donors (Lipinski definition) is 0. The predicted molar refractivity (Wildman–Crippen MR) is 78.0 cm³/mol. The van der Waals surface area contributed by atoms with Gasteiger partial charge in [0.1, 0.15) is 0 Å². The quantitative estimate of drug-likeness (QED) is 0.576. The number of hydrogen-bond acceptors (Lipinski definition) is 4. The molecule has 0 saturated heterocycles. The van der Waals surface area contributed by atoms with Crippen LogP contribution in [0.1, 0.15) is 0 Å². The van der Waals surface area contributed by atoms with E-state index in [9.17, 15) is 0 Å². The van der Waals surface area contributed by atoms with Crippen LogP contribution in [0.2, 0.25) is 0 Å². The molecule has 0 N–H and O–H groups in total. The van der Waals surface area contributed by atoms with Crippen LogP contribution in [0.5, 0.6) is 0 Å². The number of rotatable bonds is 9. The minimum absolute atomic E-state index is 1.14. The zero-order valence-electron chi connectivity index (χ0n) is 12.7. The first-order chi connectivity index (χ1) is 8.41. The first-order valence-corrected chi connectivity index (χ1v) is 7.49. The van der Waals surface area contributed by atoms with Crippen molar-refractivity contribution in [1.29, 1.82) is 0 Å². The molecule has 116 valence electrons. The summed E-state index contributed by atoms with van der Waals surface area (Å²) in [7, 11) is 17.0. The van der Waals surface area contributed by atoms with E-state index >= 15 is 0 Å². The van der Waals surface area contributed by atoms with Crippen LogP contribution in [0.25, 0.3) is 0 Å². The third-order valence-corrected chi connectivity index (χ3v) is 2.59. The van der Waals surface area contributed by atoms with Crippen LogP contribution >= 0.6 is 10.1 Å². The summed E-state index contributed by atoms with van der Waals surface area (Å²) in [6.45, 7) is 6.90. The Kier molecular flexibility index (Phi) is 16.4. The number of likely N-dealkylation sites (N-methyl/N-ethyl adjacent to an activating group) is 3. The van der Waals surface area contributed by atoms with Gasteiger partial charge in [-0.05, 0) is 42.3 Å². The molecule has 0 atom stereocenters. The molecule has 0 aromatic rings. The second kappa shape index (κ2) is 14.1. The van der Waals surface area contributed by atoms with Gasteiger partial charge in [0.25, 0.3) is 0 Å². The van der Waals surface area contributed by atoms with Gasteiger partial charge in [-0.25, -0.2) is 0 Å². The molecule has 18 heavy (non-hydrogen) atoms. The third kappa shape index (κ3) is 16.6. The molecule has 0 aliphatic carbocycles. The van der Waals surface area contributed by atoms with Crippen molar-refractivity contribution in [3.63, 3.8) is 0 Å². The first kappa shape index (κ1) is 21.0. The molecule has 0 radical (unpaired) electrons. The Hall–Kier alpha value is 0.649. The van der Waals surface area contributed by atoms with E-state index in [0.29, 0.717) is 0 Å². The fourth-order valence-electron chi connectivity index (χ4n) is 1.36. The molecule has 0 fully saturated rings. The van der Waals surface area contributed by atoms with Gasteiger partial charge in [0.05, 0.1) is 0 Å².